The summed E-state index contributed by atoms with van der Waals surface area (Å²) in [5.41, 5.74) is 2.50. The van der Waals surface area contributed by atoms with Gasteiger partial charge in [0.25, 0.3) is 5.91 Å². The Morgan fingerprint density at radius 1 is 0.952 bits per heavy atom. The highest BCUT2D eigenvalue weighted by Crippen LogP contribution is 2.39. The zero-order chi connectivity index (χ0) is 29.1. The Kier molecular flexibility index (Phi) is 7.60. The molecule has 216 valence electrons. The summed E-state index contributed by atoms with van der Waals surface area (Å²) in [4.78, 5) is 56.9. The van der Waals surface area contributed by atoms with Crippen LogP contribution in [0.1, 0.15) is 42.1 Å². The second kappa shape index (κ2) is 11.6. The number of carbonyl (C=O) groups excluding carboxylic acids is 3. The number of anilines is 2. The largest absolute Gasteiger partial charge is 0.355 e. The second-order valence-electron chi connectivity index (χ2n) is 11.0. The summed E-state index contributed by atoms with van der Waals surface area (Å²) in [7, 11) is 0. The number of aromatic amines is 1. The van der Waals surface area contributed by atoms with Crippen LogP contribution in [-0.4, -0.2) is 81.7 Å². The van der Waals surface area contributed by atoms with Gasteiger partial charge >= 0.3 is 0 Å². The normalized spacial score (nSPS) is 16.1. The molecule has 0 spiro atoms. The van der Waals surface area contributed by atoms with E-state index < -0.39 is 5.41 Å². The van der Waals surface area contributed by atoms with Gasteiger partial charge in [0.05, 0.1) is 10.8 Å². The topological polar surface area (TPSA) is 115 Å². The smallest absolute Gasteiger partial charge is 0.253 e. The van der Waals surface area contributed by atoms with Crippen molar-refractivity contribution in [2.45, 2.75) is 31.6 Å². The van der Waals surface area contributed by atoms with Crippen LogP contribution in [0.25, 0.3) is 11.0 Å². The number of aromatic nitrogens is 3. The summed E-state index contributed by atoms with van der Waals surface area (Å²) in [6.07, 6.45) is 5.54. The van der Waals surface area contributed by atoms with E-state index in [4.69, 9.17) is 0 Å². The molecule has 6 rings (SSSR count). The SMILES string of the molecule is CC(=O)NCCN(c1cccc(C(=O)N2CCC(C(=O)N3CCC3)(c3ccccc3)CC2)c1)c1ncnc2[nH]ccc12. The number of carbonyl (C=O) groups is 3. The third-order valence-electron chi connectivity index (χ3n) is 8.49. The number of benzene rings is 2. The molecular weight excluding hydrogens is 530 g/mol. The monoisotopic (exact) mass is 565 g/mol. The molecule has 2 saturated heterocycles. The maximum absolute atomic E-state index is 13.8. The molecule has 2 fully saturated rings. The van der Waals surface area contributed by atoms with Crippen molar-refractivity contribution in [3.05, 3.63) is 84.3 Å². The Morgan fingerprint density at radius 2 is 1.74 bits per heavy atom. The zero-order valence-electron chi connectivity index (χ0n) is 23.8. The van der Waals surface area contributed by atoms with Crippen molar-refractivity contribution in [3.63, 3.8) is 0 Å². The number of rotatable bonds is 8. The molecule has 2 aliphatic heterocycles. The number of nitrogens with zero attached hydrogens (tertiary/aromatic N) is 5. The van der Waals surface area contributed by atoms with Crippen molar-refractivity contribution in [2.24, 2.45) is 0 Å². The van der Waals surface area contributed by atoms with Crippen LogP contribution in [0.3, 0.4) is 0 Å². The van der Waals surface area contributed by atoms with E-state index in [0.29, 0.717) is 56.0 Å². The fourth-order valence-corrected chi connectivity index (χ4v) is 6.06. The van der Waals surface area contributed by atoms with Gasteiger partial charge in [0.1, 0.15) is 17.8 Å². The number of likely N-dealkylation sites (tertiary alicyclic amines) is 2. The molecule has 10 nitrogen and oxygen atoms in total. The first-order valence-corrected chi connectivity index (χ1v) is 14.5. The maximum atomic E-state index is 13.8. The molecule has 3 amide bonds. The molecule has 10 heteroatoms. The van der Waals surface area contributed by atoms with Crippen LogP contribution in [0.15, 0.2) is 73.2 Å². The lowest BCUT2D eigenvalue weighted by Crippen LogP contribution is -2.56. The predicted molar refractivity (Wildman–Crippen MR) is 160 cm³/mol. The molecule has 4 aromatic rings. The van der Waals surface area contributed by atoms with Crippen molar-refractivity contribution in [1.29, 1.82) is 0 Å². The first kappa shape index (κ1) is 27.4. The molecule has 2 aromatic heterocycles. The zero-order valence-corrected chi connectivity index (χ0v) is 23.8. The molecule has 2 aliphatic rings. The Morgan fingerprint density at radius 3 is 2.45 bits per heavy atom. The summed E-state index contributed by atoms with van der Waals surface area (Å²) in [5, 5.41) is 3.70. The van der Waals surface area contributed by atoms with Crippen LogP contribution in [-0.2, 0) is 15.0 Å². The van der Waals surface area contributed by atoms with E-state index in [9.17, 15) is 14.4 Å². The van der Waals surface area contributed by atoms with Crippen molar-refractivity contribution < 1.29 is 14.4 Å². The van der Waals surface area contributed by atoms with Gasteiger partial charge in [-0.15, -0.1) is 0 Å². The number of piperidine rings is 1. The highest BCUT2D eigenvalue weighted by molar-refractivity contribution is 5.97. The van der Waals surface area contributed by atoms with Crippen molar-refractivity contribution in [2.75, 3.05) is 44.2 Å². The lowest BCUT2D eigenvalue weighted by molar-refractivity contribution is -0.143. The summed E-state index contributed by atoms with van der Waals surface area (Å²) >= 11 is 0. The van der Waals surface area contributed by atoms with E-state index in [-0.39, 0.29) is 17.7 Å². The van der Waals surface area contributed by atoms with E-state index in [1.807, 2.05) is 81.6 Å². The van der Waals surface area contributed by atoms with Gasteiger partial charge in [-0.25, -0.2) is 9.97 Å². The van der Waals surface area contributed by atoms with E-state index in [1.54, 1.807) is 0 Å². The van der Waals surface area contributed by atoms with Crippen molar-refractivity contribution in [1.82, 2.24) is 30.1 Å². The lowest BCUT2D eigenvalue weighted by Gasteiger charge is -2.45. The van der Waals surface area contributed by atoms with Gasteiger partial charge in [0, 0.05) is 63.6 Å². The molecular formula is C32H35N7O3. The molecule has 0 unspecified atom stereocenters. The average Bonchev–Trinajstić information content (AvgIpc) is 3.48. The van der Waals surface area contributed by atoms with Crippen LogP contribution in [0, 0.1) is 0 Å². The average molecular weight is 566 g/mol. The number of H-pyrrole nitrogens is 1. The van der Waals surface area contributed by atoms with Gasteiger partial charge in [0.2, 0.25) is 11.8 Å². The number of hydrogen-bond donors (Lipinski definition) is 2. The highest BCUT2D eigenvalue weighted by Gasteiger charge is 2.46. The minimum atomic E-state index is -0.601. The second-order valence-corrected chi connectivity index (χ2v) is 11.0. The van der Waals surface area contributed by atoms with Gasteiger partial charge in [0.15, 0.2) is 0 Å². The van der Waals surface area contributed by atoms with Gasteiger partial charge in [-0.05, 0) is 49.1 Å². The molecule has 0 saturated carbocycles. The standard InChI is InChI=1S/C32H35N7O3/c1-23(40)33-15-20-39(29-27-11-14-34-28(27)35-22-36-29)26-10-5-7-24(21-26)30(41)37-18-12-32(13-19-37,25-8-3-2-4-9-25)31(42)38-16-6-17-38/h2-5,7-11,14,21-22H,6,12-13,15-20H2,1H3,(H,33,40)(H,34,35,36). The Balaban J connectivity index is 1.24. The third kappa shape index (κ3) is 5.20. The number of nitrogens with one attached hydrogen (secondary N) is 2. The molecule has 0 atom stereocenters. The predicted octanol–water partition coefficient (Wildman–Crippen LogP) is 3.64. The summed E-state index contributed by atoms with van der Waals surface area (Å²) in [5.74, 6) is 0.694. The van der Waals surface area contributed by atoms with Gasteiger partial charge in [-0.1, -0.05) is 36.4 Å². The van der Waals surface area contributed by atoms with Gasteiger partial charge in [-0.2, -0.15) is 0 Å². The molecule has 4 heterocycles. The summed E-state index contributed by atoms with van der Waals surface area (Å²) in [6.45, 7) is 4.96. The van der Waals surface area contributed by atoms with E-state index >= 15 is 0 Å². The van der Waals surface area contributed by atoms with Gasteiger partial charge in [-0.3, -0.25) is 14.4 Å². The number of fused-ring (bicyclic) bond motifs is 1. The van der Waals surface area contributed by atoms with Crippen molar-refractivity contribution in [3.8, 4) is 0 Å². The number of hydrogen-bond acceptors (Lipinski definition) is 6. The molecule has 2 aromatic carbocycles. The van der Waals surface area contributed by atoms with Crippen LogP contribution in [0.5, 0.6) is 0 Å². The Labute approximate surface area is 244 Å². The van der Waals surface area contributed by atoms with E-state index in [0.717, 1.165) is 36.1 Å². The van der Waals surface area contributed by atoms with E-state index in [2.05, 4.69) is 20.3 Å². The van der Waals surface area contributed by atoms with E-state index in [1.165, 1.54) is 13.3 Å². The molecule has 2 N–H and O–H groups in total. The van der Waals surface area contributed by atoms with Crippen LogP contribution >= 0.6 is 0 Å². The van der Waals surface area contributed by atoms with Crippen molar-refractivity contribution >= 4 is 40.3 Å². The van der Waals surface area contributed by atoms with Crippen LogP contribution in [0.4, 0.5) is 11.5 Å². The Bertz CT molecular complexity index is 1590. The molecule has 0 radical (unpaired) electrons. The maximum Gasteiger partial charge on any atom is 0.253 e. The fraction of sp³-hybridized carbons (Fsp3) is 0.344. The first-order chi connectivity index (χ1) is 20.5. The third-order valence-corrected chi connectivity index (χ3v) is 8.49. The molecule has 0 bridgehead atoms. The lowest BCUT2D eigenvalue weighted by atomic mass is 9.71. The van der Waals surface area contributed by atoms with Crippen LogP contribution in [0.2, 0.25) is 0 Å². The molecule has 0 aliphatic carbocycles. The highest BCUT2D eigenvalue weighted by atomic mass is 16.2. The quantitative estimate of drug-likeness (QED) is 0.337. The Hall–Kier alpha value is -4.73. The summed E-state index contributed by atoms with van der Waals surface area (Å²) < 4.78 is 0. The number of amides is 3. The minimum Gasteiger partial charge on any atom is -0.355 e. The molecule has 42 heavy (non-hydrogen) atoms. The minimum absolute atomic E-state index is 0.0637. The van der Waals surface area contributed by atoms with Crippen LogP contribution < -0.4 is 10.2 Å². The summed E-state index contributed by atoms with van der Waals surface area (Å²) in [6, 6.07) is 19.5. The first-order valence-electron chi connectivity index (χ1n) is 14.5. The van der Waals surface area contributed by atoms with Gasteiger partial charge < -0.3 is 25.0 Å². The fourth-order valence-electron chi connectivity index (χ4n) is 6.06.